The summed E-state index contributed by atoms with van der Waals surface area (Å²) in [4.78, 5) is 46.2. The number of amides is 1. The van der Waals surface area contributed by atoms with Gasteiger partial charge in [-0.1, -0.05) is 92.2 Å². The lowest BCUT2D eigenvalue weighted by Crippen LogP contribution is -2.51. The number of aryl methyl sites for hydroxylation is 1. The lowest BCUT2D eigenvalue weighted by Gasteiger charge is -2.37. The van der Waals surface area contributed by atoms with Gasteiger partial charge in [0.2, 0.25) is 5.91 Å². The van der Waals surface area contributed by atoms with Crippen LogP contribution in [0, 0.1) is 5.92 Å². The van der Waals surface area contributed by atoms with Gasteiger partial charge in [-0.25, -0.2) is 0 Å². The van der Waals surface area contributed by atoms with Crippen LogP contribution in [0.1, 0.15) is 50.1 Å². The molecule has 3 aliphatic rings. The Morgan fingerprint density at radius 2 is 1.70 bits per heavy atom. The third-order valence-corrected chi connectivity index (χ3v) is 9.52. The van der Waals surface area contributed by atoms with Gasteiger partial charge in [0.25, 0.3) is 0 Å². The SMILES string of the molecule is CCCc1ccc(C(=O)[C@@H]2[C@H](C(=O)c3cccs3)N3c4ccccc4C=C[C@H]3[C@@]23C(=O)Nc2ccccc23)cc1. The second kappa shape index (κ2) is 9.42. The van der Waals surface area contributed by atoms with Crippen LogP contribution in [0.2, 0.25) is 0 Å². The smallest absolute Gasteiger partial charge is 0.238 e. The number of anilines is 2. The molecule has 6 heteroatoms. The third-order valence-electron chi connectivity index (χ3n) is 8.63. The highest BCUT2D eigenvalue weighted by molar-refractivity contribution is 7.12. The van der Waals surface area contributed by atoms with Crippen LogP contribution in [0.25, 0.3) is 6.08 Å². The van der Waals surface area contributed by atoms with E-state index in [0.29, 0.717) is 16.1 Å². The molecule has 1 spiro atoms. The summed E-state index contributed by atoms with van der Waals surface area (Å²) in [5, 5.41) is 4.96. The predicted molar refractivity (Wildman–Crippen MR) is 159 cm³/mol. The molecule has 7 rings (SSSR count). The van der Waals surface area contributed by atoms with Crippen molar-refractivity contribution in [1.82, 2.24) is 0 Å². The summed E-state index contributed by atoms with van der Waals surface area (Å²) in [5.41, 5.74) is 3.67. The van der Waals surface area contributed by atoms with Crippen LogP contribution >= 0.6 is 11.3 Å². The first-order chi connectivity index (χ1) is 19.6. The minimum atomic E-state index is -1.28. The number of carbonyl (C=O) groups excluding carboxylic acids is 3. The van der Waals surface area contributed by atoms with Crippen molar-refractivity contribution in [1.29, 1.82) is 0 Å². The molecular formula is C34H28N2O3S. The van der Waals surface area contributed by atoms with Gasteiger partial charge < -0.3 is 10.2 Å². The Kier molecular flexibility index (Phi) is 5.82. The molecule has 4 heterocycles. The van der Waals surface area contributed by atoms with E-state index >= 15 is 0 Å². The zero-order valence-corrected chi connectivity index (χ0v) is 22.9. The fourth-order valence-electron chi connectivity index (χ4n) is 6.99. The summed E-state index contributed by atoms with van der Waals surface area (Å²) in [6.45, 7) is 2.12. The Labute approximate surface area is 237 Å². The number of Topliss-reactive ketones (excluding diaryl/α,β-unsaturated/α-hetero) is 2. The average Bonchev–Trinajstić information content (AvgIpc) is 3.70. The first-order valence-electron chi connectivity index (χ1n) is 13.7. The van der Waals surface area contributed by atoms with E-state index in [1.807, 2.05) is 107 Å². The van der Waals surface area contributed by atoms with Gasteiger partial charge in [0.15, 0.2) is 11.6 Å². The van der Waals surface area contributed by atoms with Gasteiger partial charge in [0, 0.05) is 16.9 Å². The van der Waals surface area contributed by atoms with Crippen LogP contribution < -0.4 is 10.2 Å². The molecule has 5 nitrogen and oxygen atoms in total. The van der Waals surface area contributed by atoms with Crippen molar-refractivity contribution >= 4 is 46.3 Å². The number of para-hydroxylation sites is 2. The molecule has 0 aliphatic carbocycles. The molecule has 0 unspecified atom stereocenters. The van der Waals surface area contributed by atoms with E-state index in [-0.39, 0.29) is 17.5 Å². The van der Waals surface area contributed by atoms with Gasteiger partial charge >= 0.3 is 0 Å². The van der Waals surface area contributed by atoms with Crippen molar-refractivity contribution in [3.63, 3.8) is 0 Å². The lowest BCUT2D eigenvalue weighted by molar-refractivity contribution is -0.121. The van der Waals surface area contributed by atoms with Crippen LogP contribution in [-0.2, 0) is 16.6 Å². The number of hydrogen-bond acceptors (Lipinski definition) is 5. The predicted octanol–water partition coefficient (Wildman–Crippen LogP) is 6.56. The molecule has 40 heavy (non-hydrogen) atoms. The quantitative estimate of drug-likeness (QED) is 0.279. The van der Waals surface area contributed by atoms with Crippen molar-refractivity contribution in [3.05, 3.63) is 124 Å². The van der Waals surface area contributed by atoms with E-state index in [0.717, 1.165) is 35.2 Å². The molecular weight excluding hydrogens is 516 g/mol. The van der Waals surface area contributed by atoms with Gasteiger partial charge in [-0.3, -0.25) is 14.4 Å². The van der Waals surface area contributed by atoms with Gasteiger partial charge in [0.05, 0.1) is 16.8 Å². The van der Waals surface area contributed by atoms with E-state index in [2.05, 4.69) is 12.2 Å². The van der Waals surface area contributed by atoms with Gasteiger partial charge in [-0.2, -0.15) is 0 Å². The highest BCUT2D eigenvalue weighted by Gasteiger charge is 2.70. The number of thiophene rings is 1. The number of benzene rings is 3. The van der Waals surface area contributed by atoms with Crippen molar-refractivity contribution in [2.24, 2.45) is 5.92 Å². The maximum atomic E-state index is 14.8. The molecule has 4 atom stereocenters. The topological polar surface area (TPSA) is 66.5 Å². The van der Waals surface area contributed by atoms with Gasteiger partial charge in [0.1, 0.15) is 11.5 Å². The zero-order chi connectivity index (χ0) is 27.4. The van der Waals surface area contributed by atoms with Crippen molar-refractivity contribution < 1.29 is 14.4 Å². The van der Waals surface area contributed by atoms with Crippen LogP contribution in [0.3, 0.4) is 0 Å². The molecule has 198 valence electrons. The maximum Gasteiger partial charge on any atom is 0.238 e. The second-order valence-electron chi connectivity index (χ2n) is 10.7. The maximum absolute atomic E-state index is 14.8. The molecule has 4 aromatic rings. The van der Waals surface area contributed by atoms with Crippen LogP contribution in [0.5, 0.6) is 0 Å². The zero-order valence-electron chi connectivity index (χ0n) is 22.0. The number of hydrogen-bond donors (Lipinski definition) is 1. The number of nitrogens with zero attached hydrogens (tertiary/aromatic N) is 1. The highest BCUT2D eigenvalue weighted by atomic mass is 32.1. The minimum absolute atomic E-state index is 0.139. The molecule has 0 bridgehead atoms. The Bertz CT molecular complexity index is 1670. The molecule has 0 saturated carbocycles. The molecule has 1 amide bonds. The third kappa shape index (κ3) is 3.42. The lowest BCUT2D eigenvalue weighted by atomic mass is 9.64. The van der Waals surface area contributed by atoms with E-state index in [1.165, 1.54) is 11.3 Å². The number of carbonyl (C=O) groups is 3. The average molecular weight is 545 g/mol. The number of fused-ring (bicyclic) bond motifs is 6. The summed E-state index contributed by atoms with van der Waals surface area (Å²) in [6, 6.07) is 25.4. The van der Waals surface area contributed by atoms with Crippen molar-refractivity contribution in [3.8, 4) is 0 Å². The van der Waals surface area contributed by atoms with Gasteiger partial charge in [-0.15, -0.1) is 11.3 Å². The minimum Gasteiger partial charge on any atom is -0.352 e. The molecule has 1 N–H and O–H groups in total. The summed E-state index contributed by atoms with van der Waals surface area (Å²) >= 11 is 1.37. The Hall–Kier alpha value is -4.29. The van der Waals surface area contributed by atoms with E-state index in [1.54, 1.807) is 0 Å². The second-order valence-corrected chi connectivity index (χ2v) is 11.7. The fraction of sp³-hybridized carbons (Fsp3) is 0.206. The Morgan fingerprint density at radius 3 is 2.48 bits per heavy atom. The first-order valence-corrected chi connectivity index (χ1v) is 14.6. The van der Waals surface area contributed by atoms with Crippen molar-refractivity contribution in [2.45, 2.75) is 37.3 Å². The van der Waals surface area contributed by atoms with E-state index in [9.17, 15) is 14.4 Å². The van der Waals surface area contributed by atoms with E-state index in [4.69, 9.17) is 0 Å². The monoisotopic (exact) mass is 544 g/mol. The Balaban J connectivity index is 1.50. The summed E-state index contributed by atoms with van der Waals surface area (Å²) in [6.07, 6.45) is 5.96. The molecule has 0 radical (unpaired) electrons. The van der Waals surface area contributed by atoms with E-state index < -0.39 is 23.4 Å². The Morgan fingerprint density at radius 1 is 0.925 bits per heavy atom. The van der Waals surface area contributed by atoms with Crippen molar-refractivity contribution in [2.75, 3.05) is 10.2 Å². The van der Waals surface area contributed by atoms with Crippen LogP contribution in [-0.4, -0.2) is 29.6 Å². The molecule has 3 aliphatic heterocycles. The summed E-state index contributed by atoms with van der Waals surface area (Å²) < 4.78 is 0. The highest BCUT2D eigenvalue weighted by Crippen LogP contribution is 2.58. The standard InChI is InChI=1S/C34H28N2O3S/c1-2-8-21-14-16-23(17-15-21)31(37)29-30(32(38)27-13-7-20-40-27)36-26-12-6-3-9-22(26)18-19-28(36)34(29)24-10-4-5-11-25(24)35-33(34)39/h3-7,9-20,28-30H,2,8H2,1H3,(H,35,39)/t28-,29-,30+,34+/m0/s1. The van der Waals surface area contributed by atoms with Crippen LogP contribution in [0.4, 0.5) is 11.4 Å². The van der Waals surface area contributed by atoms with Crippen LogP contribution in [0.15, 0.2) is 96.4 Å². The number of nitrogens with one attached hydrogen (secondary N) is 1. The summed E-state index contributed by atoms with van der Waals surface area (Å²) in [5.74, 6) is -1.51. The summed E-state index contributed by atoms with van der Waals surface area (Å²) in [7, 11) is 0. The molecule has 1 saturated heterocycles. The molecule has 3 aromatic carbocycles. The number of ketones is 2. The molecule has 1 aromatic heterocycles. The fourth-order valence-corrected chi connectivity index (χ4v) is 7.69. The number of rotatable bonds is 6. The molecule has 1 fully saturated rings. The first kappa shape index (κ1) is 24.7. The largest absolute Gasteiger partial charge is 0.352 e. The van der Waals surface area contributed by atoms with Gasteiger partial charge in [-0.05, 0) is 46.7 Å². The normalized spacial score (nSPS) is 24.0.